The largest absolute Gasteiger partial charge is 0.372 e. The Morgan fingerprint density at radius 2 is 2.10 bits per heavy atom. The highest BCUT2D eigenvalue weighted by molar-refractivity contribution is 5.65. The third kappa shape index (κ3) is 4.07. The second-order valence-corrected chi connectivity index (χ2v) is 6.12. The van der Waals surface area contributed by atoms with Crippen LogP contribution in [0.5, 0.6) is 0 Å². The molecule has 0 aromatic carbocycles. The number of imidazole rings is 1. The van der Waals surface area contributed by atoms with Gasteiger partial charge in [-0.3, -0.25) is 0 Å². The maximum Gasteiger partial charge on any atom is 0.180 e. The summed E-state index contributed by atoms with van der Waals surface area (Å²) in [5.74, 6) is 2.29. The molecule has 0 fully saturated rings. The van der Waals surface area contributed by atoms with Gasteiger partial charge in [-0.15, -0.1) is 0 Å². The molecular formula is C15H26N6. The van der Waals surface area contributed by atoms with Crippen LogP contribution in [0.2, 0.25) is 0 Å². The molecule has 2 heterocycles. The van der Waals surface area contributed by atoms with Gasteiger partial charge in [0, 0.05) is 32.0 Å². The van der Waals surface area contributed by atoms with Crippen molar-refractivity contribution in [1.29, 1.82) is 0 Å². The molecule has 2 N–H and O–H groups in total. The maximum atomic E-state index is 4.62. The maximum absolute atomic E-state index is 4.62. The fraction of sp³-hybridized carbons (Fsp3) is 0.600. The highest BCUT2D eigenvalue weighted by Gasteiger charge is 2.15. The number of nitrogens with one attached hydrogen (secondary N) is 2. The van der Waals surface area contributed by atoms with Gasteiger partial charge in [-0.1, -0.05) is 13.8 Å². The summed E-state index contributed by atoms with van der Waals surface area (Å²) >= 11 is 0. The minimum atomic E-state index is 0.347. The topological polar surface area (TPSA) is 57.5 Å². The first-order valence-corrected chi connectivity index (χ1v) is 7.42. The van der Waals surface area contributed by atoms with Gasteiger partial charge in [-0.25, -0.2) is 9.97 Å². The summed E-state index contributed by atoms with van der Waals surface area (Å²) in [6.07, 6.45) is 6.77. The van der Waals surface area contributed by atoms with Gasteiger partial charge in [0.2, 0.25) is 0 Å². The van der Waals surface area contributed by atoms with E-state index in [1.807, 2.05) is 23.8 Å². The Bertz CT molecular complexity index is 565. The van der Waals surface area contributed by atoms with E-state index in [0.29, 0.717) is 12.0 Å². The van der Waals surface area contributed by atoms with Gasteiger partial charge >= 0.3 is 0 Å². The first-order valence-electron chi connectivity index (χ1n) is 7.42. The number of fused-ring (bicyclic) bond motifs is 1. The molecule has 6 heteroatoms. The van der Waals surface area contributed by atoms with Crippen LogP contribution in [0.15, 0.2) is 18.6 Å². The second kappa shape index (κ2) is 6.76. The molecule has 0 aliphatic rings. The van der Waals surface area contributed by atoms with Crippen LogP contribution >= 0.6 is 0 Å². The van der Waals surface area contributed by atoms with Crippen molar-refractivity contribution >= 4 is 17.3 Å². The third-order valence-electron chi connectivity index (χ3n) is 3.31. The number of anilines is 2. The van der Waals surface area contributed by atoms with E-state index in [9.17, 15) is 0 Å². The fourth-order valence-corrected chi connectivity index (χ4v) is 2.53. The van der Waals surface area contributed by atoms with E-state index < -0.39 is 0 Å². The average molecular weight is 290 g/mol. The van der Waals surface area contributed by atoms with Crippen molar-refractivity contribution in [2.24, 2.45) is 5.92 Å². The molecule has 1 unspecified atom stereocenters. The molecule has 0 radical (unpaired) electrons. The number of hydrogen-bond donors (Lipinski definition) is 2. The van der Waals surface area contributed by atoms with Crippen LogP contribution in [0.3, 0.4) is 0 Å². The lowest BCUT2D eigenvalue weighted by atomic mass is 10.0. The minimum Gasteiger partial charge on any atom is -0.372 e. The molecule has 0 saturated carbocycles. The lowest BCUT2D eigenvalue weighted by molar-refractivity contribution is 0.356. The van der Waals surface area contributed by atoms with Crippen LogP contribution in [0.1, 0.15) is 20.3 Å². The number of nitrogens with zero attached hydrogens (tertiary/aromatic N) is 4. The molecule has 116 valence electrons. The molecule has 2 rings (SSSR count). The molecule has 0 aliphatic carbocycles. The zero-order valence-electron chi connectivity index (χ0n) is 13.6. The summed E-state index contributed by atoms with van der Waals surface area (Å²) in [6, 6.07) is 0.347. The average Bonchev–Trinajstić information content (AvgIpc) is 2.85. The summed E-state index contributed by atoms with van der Waals surface area (Å²) < 4.78 is 1.99. The van der Waals surface area contributed by atoms with Crippen LogP contribution in [0.4, 0.5) is 11.6 Å². The summed E-state index contributed by atoms with van der Waals surface area (Å²) in [5.41, 5.74) is 0.863. The summed E-state index contributed by atoms with van der Waals surface area (Å²) in [5, 5.41) is 6.66. The van der Waals surface area contributed by atoms with E-state index in [4.69, 9.17) is 0 Å². The third-order valence-corrected chi connectivity index (χ3v) is 3.31. The first kappa shape index (κ1) is 15.6. The van der Waals surface area contributed by atoms with Gasteiger partial charge in [-0.05, 0) is 26.4 Å². The van der Waals surface area contributed by atoms with Crippen molar-refractivity contribution in [1.82, 2.24) is 19.3 Å². The van der Waals surface area contributed by atoms with Gasteiger partial charge in [0.05, 0.1) is 6.20 Å². The van der Waals surface area contributed by atoms with E-state index in [2.05, 4.69) is 53.4 Å². The molecule has 21 heavy (non-hydrogen) atoms. The minimum absolute atomic E-state index is 0.347. The van der Waals surface area contributed by atoms with Crippen LogP contribution in [-0.2, 0) is 0 Å². The molecule has 1 atom stereocenters. The Morgan fingerprint density at radius 3 is 2.71 bits per heavy atom. The SMILES string of the molecule is CNc1cn2ccnc2c(NC(CC(C)C)CN(C)C)n1. The zero-order valence-corrected chi connectivity index (χ0v) is 13.6. The predicted molar refractivity (Wildman–Crippen MR) is 88.0 cm³/mol. The van der Waals surface area contributed by atoms with Crippen LogP contribution < -0.4 is 10.6 Å². The lowest BCUT2D eigenvalue weighted by Gasteiger charge is -2.24. The molecule has 0 amide bonds. The molecule has 0 saturated heterocycles. The predicted octanol–water partition coefficient (Wildman–Crippen LogP) is 2.16. The van der Waals surface area contributed by atoms with E-state index in [-0.39, 0.29) is 0 Å². The van der Waals surface area contributed by atoms with Crippen molar-refractivity contribution in [2.45, 2.75) is 26.3 Å². The standard InChI is InChI=1S/C15H26N6/c1-11(2)8-12(9-20(4)5)18-14-15-17-6-7-21(15)10-13(16-3)19-14/h6-7,10-12,16H,8-9H2,1-5H3,(H,18,19). The summed E-state index contributed by atoms with van der Waals surface area (Å²) in [6.45, 7) is 5.45. The van der Waals surface area contributed by atoms with Gasteiger partial charge in [0.25, 0.3) is 0 Å². The second-order valence-electron chi connectivity index (χ2n) is 6.12. The van der Waals surface area contributed by atoms with Gasteiger partial charge < -0.3 is 19.9 Å². The van der Waals surface area contributed by atoms with Gasteiger partial charge in [-0.2, -0.15) is 0 Å². The van der Waals surface area contributed by atoms with Crippen molar-refractivity contribution in [3.8, 4) is 0 Å². The zero-order chi connectivity index (χ0) is 15.4. The molecule has 6 nitrogen and oxygen atoms in total. The summed E-state index contributed by atoms with van der Waals surface area (Å²) in [4.78, 5) is 11.2. The lowest BCUT2D eigenvalue weighted by Crippen LogP contribution is -2.34. The number of rotatable bonds is 7. The van der Waals surface area contributed by atoms with Crippen LogP contribution in [0.25, 0.3) is 5.65 Å². The van der Waals surface area contributed by atoms with Gasteiger partial charge in [0.15, 0.2) is 11.5 Å². The fourth-order valence-electron chi connectivity index (χ4n) is 2.53. The molecule has 0 aliphatic heterocycles. The molecule has 2 aromatic rings. The van der Waals surface area contributed by atoms with Crippen LogP contribution in [-0.4, -0.2) is 53.0 Å². The highest BCUT2D eigenvalue weighted by atomic mass is 15.2. The van der Waals surface area contributed by atoms with E-state index in [0.717, 1.165) is 30.2 Å². The van der Waals surface area contributed by atoms with Crippen molar-refractivity contribution in [3.63, 3.8) is 0 Å². The Labute approximate surface area is 126 Å². The Hall–Kier alpha value is -1.82. The molecule has 2 aromatic heterocycles. The Kier molecular flexibility index (Phi) is 5.01. The van der Waals surface area contributed by atoms with Crippen LogP contribution in [0, 0.1) is 5.92 Å². The molecule has 0 spiro atoms. The van der Waals surface area contributed by atoms with Crippen molar-refractivity contribution in [2.75, 3.05) is 38.3 Å². The van der Waals surface area contributed by atoms with E-state index in [1.165, 1.54) is 0 Å². The highest BCUT2D eigenvalue weighted by Crippen LogP contribution is 2.19. The number of hydrogen-bond acceptors (Lipinski definition) is 5. The number of likely N-dealkylation sites (N-methyl/N-ethyl adjacent to an activating group) is 1. The van der Waals surface area contributed by atoms with Crippen molar-refractivity contribution in [3.05, 3.63) is 18.6 Å². The van der Waals surface area contributed by atoms with Gasteiger partial charge in [0.1, 0.15) is 5.82 Å². The molecule has 0 bridgehead atoms. The quantitative estimate of drug-likeness (QED) is 0.818. The smallest absolute Gasteiger partial charge is 0.180 e. The Balaban J connectivity index is 2.28. The van der Waals surface area contributed by atoms with E-state index in [1.54, 1.807) is 6.20 Å². The van der Waals surface area contributed by atoms with E-state index >= 15 is 0 Å². The molecular weight excluding hydrogens is 264 g/mol. The Morgan fingerprint density at radius 1 is 1.33 bits per heavy atom. The van der Waals surface area contributed by atoms with Crippen molar-refractivity contribution < 1.29 is 0 Å². The normalized spacial score (nSPS) is 13.1. The number of aromatic nitrogens is 3. The monoisotopic (exact) mass is 290 g/mol. The summed E-state index contributed by atoms with van der Waals surface area (Å²) in [7, 11) is 6.06. The first-order chi connectivity index (χ1) is 9.99.